The number of piperidine rings is 2. The highest BCUT2D eigenvalue weighted by Crippen LogP contribution is 2.38. The minimum atomic E-state index is -4.44. The van der Waals surface area contributed by atoms with Crippen molar-refractivity contribution in [3.05, 3.63) is 185 Å². The predicted octanol–water partition coefficient (Wildman–Crippen LogP) is 13.1. The van der Waals surface area contributed by atoms with Crippen LogP contribution in [-0.4, -0.2) is 161 Å². The van der Waals surface area contributed by atoms with Gasteiger partial charge in [0.2, 0.25) is 0 Å². The third-order valence-electron chi connectivity index (χ3n) is 18.7. The number of nitrogens with one attached hydrogen (secondary N) is 7. The first-order valence-electron chi connectivity index (χ1n) is 36.2. The molecule has 35 heteroatoms. The Kier molecular flexibility index (Phi) is 33.2. The number of ether oxygens (including phenoxy) is 1. The van der Waals surface area contributed by atoms with Crippen LogP contribution in [0.3, 0.4) is 0 Å². The summed E-state index contributed by atoms with van der Waals surface area (Å²) in [5.41, 5.74) is 1.09. The Morgan fingerprint density at radius 1 is 0.573 bits per heavy atom. The number of amides is 3. The fraction of sp³-hybridized carbons (Fsp3) is 0.440. The van der Waals surface area contributed by atoms with E-state index >= 15 is 0 Å². The Morgan fingerprint density at radius 3 is 1.55 bits per heavy atom. The second kappa shape index (κ2) is 41.4. The Hall–Kier alpha value is -7.38. The number of hydrogen-bond acceptors (Lipinski definition) is 18. The summed E-state index contributed by atoms with van der Waals surface area (Å²) >= 11 is 14.7. The molecule has 0 bridgehead atoms. The van der Waals surface area contributed by atoms with E-state index in [0.29, 0.717) is 103 Å². The Labute approximate surface area is 662 Å². The number of hydrogen-bond donors (Lipinski definition) is 9. The normalized spacial score (nSPS) is 16.2. The molecule has 3 saturated heterocycles. The monoisotopic (exact) mass is 1680 g/mol. The molecule has 7 aromatic rings. The maximum Gasteiger partial charge on any atom is 0.416 e. The SMILES string of the molecule is CCCCCCNC1CCN(S(=O)(=O)c2sc(CNC(=O)c3cccc(OC)c3)c(CC)c2C(=O)O)CC1.CCCCCCNC1C[C@@H](C(=O)O)N(S(=O)(=O)c2ccc(CNC(=O)c3ccc(Cl)cc3)s2)C1.N=C(NC1CCN(S(=O)(=O)c2ccc(CNC(=O)c3ccc(Cl)cc3)s2)CC1)c1ccc(C(F)(F)F)cc1. The lowest BCUT2D eigenvalue weighted by atomic mass is 10.1. The number of halogens is 5. The first-order chi connectivity index (χ1) is 52.4. The number of carboxylic acid groups (broad SMARTS) is 2. The Balaban J connectivity index is 0.000000208. The Bertz CT molecular complexity index is 4610. The van der Waals surface area contributed by atoms with Crippen LogP contribution in [0.2, 0.25) is 10.0 Å². The van der Waals surface area contributed by atoms with Crippen molar-refractivity contribution < 1.29 is 77.3 Å². The van der Waals surface area contributed by atoms with Gasteiger partial charge in [-0.2, -0.15) is 26.1 Å². The first-order valence-corrected chi connectivity index (χ1v) is 43.7. The molecule has 3 aliphatic heterocycles. The summed E-state index contributed by atoms with van der Waals surface area (Å²) in [6.07, 6.45) is 7.43. The largest absolute Gasteiger partial charge is 0.497 e. The van der Waals surface area contributed by atoms with Crippen LogP contribution >= 0.6 is 57.2 Å². The van der Waals surface area contributed by atoms with E-state index < -0.39 is 59.8 Å². The summed E-state index contributed by atoms with van der Waals surface area (Å²) < 4.78 is 127. The average Bonchev–Trinajstić information content (AvgIpc) is 1.60. The third-order valence-corrected chi connectivity index (χ3v) is 29.7. The number of carbonyl (C=O) groups excluding carboxylic acids is 3. The number of alkyl halides is 3. The molecule has 3 aromatic heterocycles. The molecule has 110 heavy (non-hydrogen) atoms. The van der Waals surface area contributed by atoms with Crippen molar-refractivity contribution in [1.82, 2.24) is 44.8 Å². The van der Waals surface area contributed by atoms with Crippen molar-refractivity contribution in [2.45, 2.75) is 173 Å². The van der Waals surface area contributed by atoms with E-state index in [2.05, 4.69) is 45.7 Å². The lowest BCUT2D eigenvalue weighted by Gasteiger charge is -2.31. The number of aliphatic carboxylic acids is 1. The quantitative estimate of drug-likeness (QED) is 0.0105. The molecule has 6 heterocycles. The fourth-order valence-corrected chi connectivity index (χ4v) is 22.2. The van der Waals surface area contributed by atoms with E-state index in [9.17, 15) is 72.6 Å². The van der Waals surface area contributed by atoms with Crippen molar-refractivity contribution in [2.75, 3.05) is 52.9 Å². The first kappa shape index (κ1) is 88.2. The van der Waals surface area contributed by atoms with E-state index in [-0.39, 0.29) is 106 Å². The summed E-state index contributed by atoms with van der Waals surface area (Å²) in [7, 11) is -10.2. The van der Waals surface area contributed by atoms with Crippen LogP contribution in [0.4, 0.5) is 13.2 Å². The third kappa shape index (κ3) is 24.6. The van der Waals surface area contributed by atoms with Gasteiger partial charge in [-0.05, 0) is 173 Å². The molecule has 1 unspecified atom stereocenters. The summed E-state index contributed by atoms with van der Waals surface area (Å²) in [4.78, 5) is 63.2. The summed E-state index contributed by atoms with van der Waals surface area (Å²) in [5, 5.41) is 47.0. The van der Waals surface area contributed by atoms with E-state index in [0.717, 1.165) is 95.6 Å². The van der Waals surface area contributed by atoms with Gasteiger partial charge in [0, 0.05) is 97.8 Å². The second-order valence-corrected chi connectivity index (χ2v) is 37.1. The van der Waals surface area contributed by atoms with Crippen molar-refractivity contribution in [1.29, 1.82) is 5.41 Å². The van der Waals surface area contributed by atoms with Gasteiger partial charge >= 0.3 is 18.1 Å². The zero-order valence-corrected chi connectivity index (χ0v) is 67.7. The van der Waals surface area contributed by atoms with Gasteiger partial charge in [-0.3, -0.25) is 24.6 Å². The maximum atomic E-state index is 13.6. The molecule has 0 radical (unpaired) electrons. The number of carboxylic acids is 2. The number of sulfonamides is 3. The molecular weight excluding hydrogens is 1590 g/mol. The molecule has 9 N–H and O–H groups in total. The fourth-order valence-electron chi connectivity index (χ4n) is 12.5. The summed E-state index contributed by atoms with van der Waals surface area (Å²) in [6.45, 7) is 9.41. The number of unbranched alkanes of at least 4 members (excludes halogenated alkanes) is 6. The van der Waals surface area contributed by atoms with Crippen LogP contribution in [-0.2, 0) is 67.1 Å². The summed E-state index contributed by atoms with van der Waals surface area (Å²) in [5.74, 6) is -2.84. The zero-order valence-electron chi connectivity index (χ0n) is 61.3. The number of rotatable bonds is 33. The number of methoxy groups -OCH3 is 1. The average molecular weight is 1680 g/mol. The number of carbonyl (C=O) groups is 5. The molecule has 3 amide bonds. The van der Waals surface area contributed by atoms with Crippen LogP contribution in [0.15, 0.2) is 134 Å². The molecule has 0 aliphatic carbocycles. The van der Waals surface area contributed by atoms with Gasteiger partial charge in [0.1, 0.15) is 30.3 Å². The van der Waals surface area contributed by atoms with Gasteiger partial charge in [-0.1, -0.05) is 101 Å². The predicted molar refractivity (Wildman–Crippen MR) is 422 cm³/mol. The smallest absolute Gasteiger partial charge is 0.416 e. The minimum absolute atomic E-state index is 0.0106. The van der Waals surface area contributed by atoms with E-state index in [1.807, 2.05) is 0 Å². The zero-order chi connectivity index (χ0) is 79.9. The van der Waals surface area contributed by atoms with Gasteiger partial charge < -0.3 is 46.9 Å². The van der Waals surface area contributed by atoms with Crippen LogP contribution in [0.1, 0.15) is 177 Å². The standard InChI is InChI=1S/C27H39N3O6S2.C25H24ClF3N4O3S2.C23H30ClN3O5S2/c1-4-6-7-8-14-28-20-12-15-30(16-13-20)38(34,35)27-24(26(32)33)22(5-2)23(37-27)18-29-25(31)19-10-9-11-21(17-19)36-3;26-19-7-3-17(4-8-19)24(34)31-15-21-9-10-22(37-21)38(35,36)33-13-11-20(12-14-33)32-23(30)16-1-5-18(6-2-16)25(27,28)29;1-2-3-4-5-12-25-18-13-20(23(29)30)27(15-18)34(31,32)21-11-10-19(33-21)14-26-22(28)16-6-8-17(24)9-7-16/h9-11,17,20,28H,4-8,12-16,18H2,1-3H3,(H,29,31)(H,32,33);1-10,20H,11-15H2,(H2,30,32)(H,31,34);6-11,18,20,25H,2-5,12-15H2,1H3,(H,26,28)(H,29,30)/t;;18?,20-/m..0/s1. The van der Waals surface area contributed by atoms with Gasteiger partial charge in [0.05, 0.1) is 37.9 Å². The number of aromatic carboxylic acids is 1. The lowest BCUT2D eigenvalue weighted by Crippen LogP contribution is -2.46. The van der Waals surface area contributed by atoms with Gasteiger partial charge in [-0.25, -0.2) is 30.0 Å². The van der Waals surface area contributed by atoms with Crippen molar-refractivity contribution >= 4 is 123 Å². The molecule has 2 atom stereocenters. The number of nitrogens with zero attached hydrogens (tertiary/aromatic N) is 3. The van der Waals surface area contributed by atoms with Crippen LogP contribution in [0, 0.1) is 5.41 Å². The number of amidine groups is 1. The highest BCUT2D eigenvalue weighted by Gasteiger charge is 2.45. The highest BCUT2D eigenvalue weighted by molar-refractivity contribution is 7.92. The molecule has 0 spiro atoms. The second-order valence-electron chi connectivity index (χ2n) is 26.4. The highest BCUT2D eigenvalue weighted by atomic mass is 35.5. The minimum Gasteiger partial charge on any atom is -0.497 e. The van der Waals surface area contributed by atoms with E-state index in [1.54, 1.807) is 91.9 Å². The van der Waals surface area contributed by atoms with E-state index in [1.165, 1.54) is 59.2 Å². The molecule has 24 nitrogen and oxygen atoms in total. The van der Waals surface area contributed by atoms with Crippen LogP contribution < -0.4 is 36.6 Å². The van der Waals surface area contributed by atoms with Crippen molar-refractivity contribution in [2.24, 2.45) is 0 Å². The molecule has 3 aliphatic rings. The van der Waals surface area contributed by atoms with E-state index in [4.69, 9.17) is 33.3 Å². The van der Waals surface area contributed by atoms with Crippen molar-refractivity contribution in [3.8, 4) is 5.75 Å². The Morgan fingerprint density at radius 2 is 1.05 bits per heavy atom. The molecule has 10 rings (SSSR count). The molecular formula is C75H93Cl2F3N10O14S6. The maximum absolute atomic E-state index is 13.6. The van der Waals surface area contributed by atoms with Crippen molar-refractivity contribution in [3.63, 3.8) is 0 Å². The molecule has 3 fully saturated rings. The topological polar surface area (TPSA) is 343 Å². The van der Waals surface area contributed by atoms with Gasteiger partial charge in [0.25, 0.3) is 47.8 Å². The molecule has 598 valence electrons. The molecule has 4 aromatic carbocycles. The number of thiophene rings is 3. The van der Waals surface area contributed by atoms with Gasteiger partial charge in [0.15, 0.2) is 0 Å². The summed E-state index contributed by atoms with van der Waals surface area (Å²) in [6, 6.07) is 29.0. The molecule has 0 saturated carbocycles. The van der Waals surface area contributed by atoms with Crippen LogP contribution in [0.25, 0.3) is 0 Å². The van der Waals surface area contributed by atoms with Gasteiger partial charge in [-0.15, -0.1) is 34.0 Å². The lowest BCUT2D eigenvalue weighted by molar-refractivity contribution is -0.140. The van der Waals surface area contributed by atoms with Crippen LogP contribution in [0.5, 0.6) is 5.75 Å². The number of benzene rings is 4.